The third-order valence-corrected chi connectivity index (χ3v) is 3.39. The van der Waals surface area contributed by atoms with Gasteiger partial charge in [0.2, 0.25) is 0 Å². The largest absolute Gasteiger partial charge is 0.478 e. The monoisotopic (exact) mass is 294 g/mol. The van der Waals surface area contributed by atoms with Crippen molar-refractivity contribution >= 4 is 23.3 Å². The number of carboxylic acid groups (broad SMARTS) is 1. The molecule has 0 bridgehead atoms. The van der Waals surface area contributed by atoms with Crippen LogP contribution in [0.1, 0.15) is 30.1 Å². The fraction of sp³-hybridized carbons (Fsp3) is 0.385. The molecule has 1 amide bonds. The summed E-state index contributed by atoms with van der Waals surface area (Å²) in [6.45, 7) is 2.09. The fourth-order valence-corrected chi connectivity index (χ4v) is 2.14. The number of benzene rings is 1. The number of nitrogens with one attached hydrogen (secondary N) is 1. The summed E-state index contributed by atoms with van der Waals surface area (Å²) < 4.78 is 5.37. The fourth-order valence-electron chi connectivity index (χ4n) is 2.14. The number of carbonyl (C=O) groups is 2. The predicted molar refractivity (Wildman–Crippen MR) is 72.3 cm³/mol. The number of hydrogen-bond donors (Lipinski definition) is 2. The van der Waals surface area contributed by atoms with Crippen molar-refractivity contribution in [3.63, 3.8) is 0 Å². The molecule has 1 heterocycles. The maximum atomic E-state index is 12.2. The number of carboxylic acids is 1. The number of rotatable bonds is 4. The van der Waals surface area contributed by atoms with E-state index in [1.165, 1.54) is 6.07 Å². The second-order valence-corrected chi connectivity index (χ2v) is 4.93. The lowest BCUT2D eigenvalue weighted by Gasteiger charge is -2.22. The van der Waals surface area contributed by atoms with E-state index in [2.05, 4.69) is 5.32 Å². The molecule has 0 spiro atoms. The summed E-state index contributed by atoms with van der Waals surface area (Å²) in [5.74, 6) is -1.82. The van der Waals surface area contributed by atoms with Gasteiger partial charge in [0.05, 0.1) is 16.2 Å². The number of hydrogen-bond acceptors (Lipinski definition) is 5. The van der Waals surface area contributed by atoms with Crippen LogP contribution in [0.25, 0.3) is 0 Å². The Labute approximate surface area is 119 Å². The number of non-ortho nitro benzene ring substituents is 1. The molecule has 112 valence electrons. The van der Waals surface area contributed by atoms with E-state index in [-0.39, 0.29) is 16.9 Å². The molecule has 21 heavy (non-hydrogen) atoms. The first-order valence-electron chi connectivity index (χ1n) is 6.30. The molecular formula is C13H14N2O6. The number of carbonyl (C=O) groups excluding carboxylic acids is 1. The van der Waals surface area contributed by atoms with Gasteiger partial charge in [0, 0.05) is 18.7 Å². The molecule has 0 radical (unpaired) electrons. The SMILES string of the molecule is CC1(C(=O)Nc2ccc([N+](=O)[O-])cc2C(=O)O)CCCO1. The van der Waals surface area contributed by atoms with Crippen LogP contribution in [0.15, 0.2) is 18.2 Å². The second-order valence-electron chi connectivity index (χ2n) is 4.93. The van der Waals surface area contributed by atoms with Crippen molar-refractivity contribution in [3.05, 3.63) is 33.9 Å². The molecule has 2 N–H and O–H groups in total. The highest BCUT2D eigenvalue weighted by Gasteiger charge is 2.38. The van der Waals surface area contributed by atoms with Crippen LogP contribution in [-0.2, 0) is 9.53 Å². The van der Waals surface area contributed by atoms with Crippen molar-refractivity contribution in [2.45, 2.75) is 25.4 Å². The molecule has 8 nitrogen and oxygen atoms in total. The van der Waals surface area contributed by atoms with Gasteiger partial charge < -0.3 is 15.2 Å². The smallest absolute Gasteiger partial charge is 0.338 e. The summed E-state index contributed by atoms with van der Waals surface area (Å²) in [6, 6.07) is 3.26. The molecule has 1 atom stereocenters. The minimum Gasteiger partial charge on any atom is -0.478 e. The molecule has 0 aliphatic carbocycles. The minimum atomic E-state index is -1.36. The Morgan fingerprint density at radius 2 is 2.19 bits per heavy atom. The molecule has 0 aromatic heterocycles. The van der Waals surface area contributed by atoms with Gasteiger partial charge in [-0.25, -0.2) is 4.79 Å². The third-order valence-electron chi connectivity index (χ3n) is 3.39. The van der Waals surface area contributed by atoms with Crippen LogP contribution in [0.4, 0.5) is 11.4 Å². The highest BCUT2D eigenvalue weighted by molar-refractivity contribution is 6.03. The average molecular weight is 294 g/mol. The maximum Gasteiger partial charge on any atom is 0.338 e. The first kappa shape index (κ1) is 14.9. The zero-order valence-corrected chi connectivity index (χ0v) is 11.3. The van der Waals surface area contributed by atoms with Gasteiger partial charge in [0.25, 0.3) is 11.6 Å². The van der Waals surface area contributed by atoms with Gasteiger partial charge in [-0.15, -0.1) is 0 Å². The molecule has 1 aromatic carbocycles. The number of amides is 1. The standard InChI is InChI=1S/C13H14N2O6/c1-13(5-2-6-21-13)12(18)14-10-4-3-8(15(19)20)7-9(10)11(16)17/h3-4,7H,2,5-6H2,1H3,(H,14,18)(H,16,17). The summed E-state index contributed by atoms with van der Waals surface area (Å²) >= 11 is 0. The Balaban J connectivity index is 2.29. The van der Waals surface area contributed by atoms with Crippen LogP contribution in [0, 0.1) is 10.1 Å². The zero-order valence-electron chi connectivity index (χ0n) is 11.3. The summed E-state index contributed by atoms with van der Waals surface area (Å²) in [7, 11) is 0. The zero-order chi connectivity index (χ0) is 15.6. The van der Waals surface area contributed by atoms with Crippen LogP contribution in [0.2, 0.25) is 0 Å². The van der Waals surface area contributed by atoms with Crippen LogP contribution in [0.3, 0.4) is 0 Å². The van der Waals surface area contributed by atoms with Crippen molar-refractivity contribution in [3.8, 4) is 0 Å². The van der Waals surface area contributed by atoms with Crippen molar-refractivity contribution in [2.75, 3.05) is 11.9 Å². The minimum absolute atomic E-state index is 0.00910. The van der Waals surface area contributed by atoms with E-state index in [9.17, 15) is 19.7 Å². The Morgan fingerprint density at radius 1 is 1.48 bits per heavy atom. The average Bonchev–Trinajstić information content (AvgIpc) is 2.87. The van der Waals surface area contributed by atoms with E-state index in [0.29, 0.717) is 13.0 Å². The van der Waals surface area contributed by atoms with Crippen molar-refractivity contribution in [1.29, 1.82) is 0 Å². The number of nitro benzene ring substituents is 1. The molecule has 1 aromatic rings. The maximum absolute atomic E-state index is 12.2. The summed E-state index contributed by atoms with van der Waals surface area (Å²) in [5, 5.41) is 22.3. The quantitative estimate of drug-likeness (QED) is 0.645. The molecule has 0 saturated carbocycles. The lowest BCUT2D eigenvalue weighted by molar-refractivity contribution is -0.384. The molecular weight excluding hydrogens is 280 g/mol. The number of nitrogens with zero attached hydrogens (tertiary/aromatic N) is 1. The molecule has 1 saturated heterocycles. The van der Waals surface area contributed by atoms with E-state index in [1.807, 2.05) is 0 Å². The highest BCUT2D eigenvalue weighted by Crippen LogP contribution is 2.28. The second kappa shape index (κ2) is 5.49. The third kappa shape index (κ3) is 3.00. The molecule has 1 unspecified atom stereocenters. The van der Waals surface area contributed by atoms with Gasteiger partial charge in [-0.05, 0) is 25.8 Å². The van der Waals surface area contributed by atoms with Crippen LogP contribution in [0.5, 0.6) is 0 Å². The first-order valence-corrected chi connectivity index (χ1v) is 6.30. The van der Waals surface area contributed by atoms with E-state index < -0.39 is 22.4 Å². The lowest BCUT2D eigenvalue weighted by Crippen LogP contribution is -2.39. The van der Waals surface area contributed by atoms with E-state index in [1.54, 1.807) is 6.92 Å². The van der Waals surface area contributed by atoms with Gasteiger partial charge in [-0.2, -0.15) is 0 Å². The normalized spacial score (nSPS) is 21.0. The van der Waals surface area contributed by atoms with Crippen molar-refractivity contribution in [1.82, 2.24) is 0 Å². The van der Waals surface area contributed by atoms with Crippen molar-refractivity contribution < 1.29 is 24.4 Å². The van der Waals surface area contributed by atoms with Gasteiger partial charge in [-0.3, -0.25) is 14.9 Å². The van der Waals surface area contributed by atoms with E-state index in [0.717, 1.165) is 18.6 Å². The Bertz CT molecular complexity index is 607. The molecule has 1 fully saturated rings. The van der Waals surface area contributed by atoms with Gasteiger partial charge >= 0.3 is 5.97 Å². The highest BCUT2D eigenvalue weighted by atomic mass is 16.6. The van der Waals surface area contributed by atoms with Crippen molar-refractivity contribution in [2.24, 2.45) is 0 Å². The Morgan fingerprint density at radius 3 is 2.71 bits per heavy atom. The number of aromatic carboxylic acids is 1. The Kier molecular flexibility index (Phi) is 3.90. The topological polar surface area (TPSA) is 119 Å². The Hall–Kier alpha value is -2.48. The molecule has 8 heteroatoms. The lowest BCUT2D eigenvalue weighted by atomic mass is 10.0. The predicted octanol–water partition coefficient (Wildman–Crippen LogP) is 1.80. The van der Waals surface area contributed by atoms with Gasteiger partial charge in [-0.1, -0.05) is 0 Å². The number of ether oxygens (including phenoxy) is 1. The van der Waals surface area contributed by atoms with Crippen LogP contribution < -0.4 is 5.32 Å². The number of nitro groups is 1. The van der Waals surface area contributed by atoms with Gasteiger partial charge in [0.15, 0.2) is 0 Å². The van der Waals surface area contributed by atoms with E-state index >= 15 is 0 Å². The summed E-state index contributed by atoms with van der Waals surface area (Å²) in [4.78, 5) is 33.3. The molecule has 1 aliphatic rings. The van der Waals surface area contributed by atoms with E-state index in [4.69, 9.17) is 9.84 Å². The molecule has 1 aliphatic heterocycles. The van der Waals surface area contributed by atoms with Crippen LogP contribution >= 0.6 is 0 Å². The summed E-state index contributed by atoms with van der Waals surface area (Å²) in [5.41, 5.74) is -1.68. The van der Waals surface area contributed by atoms with Gasteiger partial charge in [0.1, 0.15) is 5.60 Å². The van der Waals surface area contributed by atoms with Crippen LogP contribution in [-0.4, -0.2) is 34.1 Å². The molecule has 2 rings (SSSR count). The summed E-state index contributed by atoms with van der Waals surface area (Å²) in [6.07, 6.45) is 1.28. The number of anilines is 1. The first-order chi connectivity index (χ1) is 9.83.